The van der Waals surface area contributed by atoms with Gasteiger partial charge in [0, 0.05) is 23.2 Å². The molecule has 0 aliphatic heterocycles. The number of rotatable bonds is 5. The summed E-state index contributed by atoms with van der Waals surface area (Å²) in [5.74, 6) is 0.456. The lowest BCUT2D eigenvalue weighted by molar-refractivity contribution is 0.102. The highest BCUT2D eigenvalue weighted by Crippen LogP contribution is 2.24. The van der Waals surface area contributed by atoms with Crippen LogP contribution < -0.4 is 0 Å². The maximum Gasteiger partial charge on any atom is 0.191 e. The van der Waals surface area contributed by atoms with Gasteiger partial charge in [-0.1, -0.05) is 23.4 Å². The molecular formula is C17H13ClFN3OS. The molecule has 0 aliphatic rings. The molecule has 0 atom stereocenters. The average molecular weight is 362 g/mol. The highest BCUT2D eigenvalue weighted by atomic mass is 35.5. The van der Waals surface area contributed by atoms with E-state index in [0.29, 0.717) is 21.6 Å². The van der Waals surface area contributed by atoms with Crippen LogP contribution in [0.4, 0.5) is 4.39 Å². The number of thioether (sulfide) groups is 1. The maximum atomic E-state index is 12.9. The van der Waals surface area contributed by atoms with Gasteiger partial charge in [-0.2, -0.15) is 0 Å². The van der Waals surface area contributed by atoms with E-state index in [0.717, 1.165) is 5.56 Å². The average Bonchev–Trinajstić information content (AvgIpc) is 2.95. The molecule has 0 spiro atoms. The number of halogens is 2. The zero-order chi connectivity index (χ0) is 17.1. The van der Waals surface area contributed by atoms with Crippen molar-refractivity contribution in [2.45, 2.75) is 5.16 Å². The number of ketones is 1. The minimum Gasteiger partial charge on any atom is -0.305 e. The third-order valence-electron chi connectivity index (χ3n) is 3.44. The van der Waals surface area contributed by atoms with E-state index in [4.69, 9.17) is 11.6 Å². The van der Waals surface area contributed by atoms with E-state index in [-0.39, 0.29) is 17.4 Å². The first-order valence-corrected chi connectivity index (χ1v) is 8.48. The predicted octanol–water partition coefficient (Wildman–Crippen LogP) is 4.25. The monoisotopic (exact) mass is 361 g/mol. The summed E-state index contributed by atoms with van der Waals surface area (Å²) < 4.78 is 14.7. The van der Waals surface area contributed by atoms with Gasteiger partial charge in [-0.25, -0.2) is 4.39 Å². The summed E-state index contributed by atoms with van der Waals surface area (Å²) in [6.45, 7) is 0. The molecular weight excluding hydrogens is 349 g/mol. The van der Waals surface area contributed by atoms with E-state index in [9.17, 15) is 9.18 Å². The van der Waals surface area contributed by atoms with Gasteiger partial charge in [0.05, 0.1) is 5.75 Å². The minimum atomic E-state index is -0.361. The van der Waals surface area contributed by atoms with Gasteiger partial charge in [0.1, 0.15) is 5.82 Å². The minimum absolute atomic E-state index is 0.0870. The fourth-order valence-corrected chi connectivity index (χ4v) is 3.07. The van der Waals surface area contributed by atoms with Crippen molar-refractivity contribution in [3.63, 3.8) is 0 Å². The number of benzene rings is 2. The number of hydrogen-bond acceptors (Lipinski definition) is 4. The van der Waals surface area contributed by atoms with E-state index in [2.05, 4.69) is 10.2 Å². The lowest BCUT2D eigenvalue weighted by Gasteiger charge is -2.04. The van der Waals surface area contributed by atoms with Crippen LogP contribution in [0.1, 0.15) is 10.4 Å². The van der Waals surface area contributed by atoms with Crippen LogP contribution in [0.5, 0.6) is 0 Å². The summed E-state index contributed by atoms with van der Waals surface area (Å²) in [5.41, 5.74) is 1.37. The van der Waals surface area contributed by atoms with E-state index in [1.165, 1.54) is 36.0 Å². The van der Waals surface area contributed by atoms with Crippen molar-refractivity contribution in [2.75, 3.05) is 5.75 Å². The zero-order valence-corrected chi connectivity index (χ0v) is 14.3. The van der Waals surface area contributed by atoms with Crippen LogP contribution in [-0.4, -0.2) is 26.3 Å². The first-order chi connectivity index (χ1) is 11.5. The van der Waals surface area contributed by atoms with Crippen molar-refractivity contribution < 1.29 is 9.18 Å². The summed E-state index contributed by atoms with van der Waals surface area (Å²) in [6, 6.07) is 12.8. The Morgan fingerprint density at radius 2 is 1.79 bits per heavy atom. The van der Waals surface area contributed by atoms with Crippen LogP contribution in [0, 0.1) is 5.82 Å². The quantitative estimate of drug-likeness (QED) is 0.503. The molecule has 0 unspecified atom stereocenters. The normalized spacial score (nSPS) is 10.8. The molecule has 0 N–H and O–H groups in total. The molecule has 7 heteroatoms. The van der Waals surface area contributed by atoms with Crippen molar-refractivity contribution in [3.8, 4) is 11.4 Å². The SMILES string of the molecule is Cn1c(SCC(=O)c2ccc(F)cc2)nnc1-c1ccc(Cl)cc1. The van der Waals surface area contributed by atoms with Gasteiger partial charge in [0.15, 0.2) is 16.8 Å². The zero-order valence-electron chi connectivity index (χ0n) is 12.7. The maximum absolute atomic E-state index is 12.9. The van der Waals surface area contributed by atoms with Crippen molar-refractivity contribution >= 4 is 29.1 Å². The Morgan fingerprint density at radius 1 is 1.12 bits per heavy atom. The molecule has 1 aromatic heterocycles. The Kier molecular flexibility index (Phi) is 4.97. The summed E-state index contributed by atoms with van der Waals surface area (Å²) in [5, 5.41) is 9.58. The summed E-state index contributed by atoms with van der Waals surface area (Å²) in [6.07, 6.45) is 0. The summed E-state index contributed by atoms with van der Waals surface area (Å²) >= 11 is 7.18. The molecule has 3 rings (SSSR count). The van der Waals surface area contributed by atoms with Crippen molar-refractivity contribution in [1.82, 2.24) is 14.8 Å². The number of aromatic nitrogens is 3. The molecule has 1 heterocycles. The standard InChI is InChI=1S/C17H13ClFN3OS/c1-22-16(12-2-6-13(18)7-3-12)20-21-17(22)24-10-15(23)11-4-8-14(19)9-5-11/h2-9H,10H2,1H3. The largest absolute Gasteiger partial charge is 0.305 e. The fraction of sp³-hybridized carbons (Fsp3) is 0.118. The van der Waals surface area contributed by atoms with Gasteiger partial charge >= 0.3 is 0 Å². The van der Waals surface area contributed by atoms with Gasteiger partial charge in [-0.05, 0) is 48.5 Å². The molecule has 4 nitrogen and oxygen atoms in total. The number of Topliss-reactive ketones (excluding diaryl/α,β-unsaturated/α-hetero) is 1. The van der Waals surface area contributed by atoms with Gasteiger partial charge in [-0.3, -0.25) is 4.79 Å². The molecule has 0 bridgehead atoms. The predicted molar refractivity (Wildman–Crippen MR) is 92.9 cm³/mol. The smallest absolute Gasteiger partial charge is 0.191 e. The van der Waals surface area contributed by atoms with Gasteiger partial charge in [0.25, 0.3) is 0 Å². The molecule has 0 fully saturated rings. The van der Waals surface area contributed by atoms with E-state index in [1.807, 2.05) is 23.7 Å². The van der Waals surface area contributed by atoms with Crippen molar-refractivity contribution in [3.05, 3.63) is 64.9 Å². The topological polar surface area (TPSA) is 47.8 Å². The van der Waals surface area contributed by atoms with E-state index < -0.39 is 0 Å². The van der Waals surface area contributed by atoms with Gasteiger partial charge in [0.2, 0.25) is 0 Å². The summed E-state index contributed by atoms with van der Waals surface area (Å²) in [7, 11) is 1.84. The second kappa shape index (κ2) is 7.15. The van der Waals surface area contributed by atoms with Crippen LogP contribution in [-0.2, 0) is 7.05 Å². The molecule has 0 aliphatic carbocycles. The Hall–Kier alpha value is -2.18. The number of nitrogens with zero attached hydrogens (tertiary/aromatic N) is 3. The molecule has 24 heavy (non-hydrogen) atoms. The van der Waals surface area contributed by atoms with Crippen LogP contribution >= 0.6 is 23.4 Å². The molecule has 3 aromatic rings. The Balaban J connectivity index is 1.71. The lowest BCUT2D eigenvalue weighted by Crippen LogP contribution is -2.04. The first-order valence-electron chi connectivity index (χ1n) is 7.11. The van der Waals surface area contributed by atoms with Crippen LogP contribution in [0.15, 0.2) is 53.7 Å². The molecule has 0 amide bonds. The fourth-order valence-electron chi connectivity index (χ4n) is 2.14. The second-order valence-corrected chi connectivity index (χ2v) is 6.47. The summed E-state index contributed by atoms with van der Waals surface area (Å²) in [4.78, 5) is 12.1. The van der Waals surface area contributed by atoms with Crippen LogP contribution in [0.3, 0.4) is 0 Å². The second-order valence-electron chi connectivity index (χ2n) is 5.09. The van der Waals surface area contributed by atoms with Crippen LogP contribution in [0.25, 0.3) is 11.4 Å². The van der Waals surface area contributed by atoms with Crippen LogP contribution in [0.2, 0.25) is 5.02 Å². The lowest BCUT2D eigenvalue weighted by atomic mass is 10.1. The number of hydrogen-bond donors (Lipinski definition) is 0. The van der Waals surface area contributed by atoms with Crippen molar-refractivity contribution in [1.29, 1.82) is 0 Å². The van der Waals surface area contributed by atoms with E-state index in [1.54, 1.807) is 12.1 Å². The van der Waals surface area contributed by atoms with E-state index >= 15 is 0 Å². The molecule has 122 valence electrons. The third-order valence-corrected chi connectivity index (χ3v) is 4.71. The highest BCUT2D eigenvalue weighted by Gasteiger charge is 2.14. The third kappa shape index (κ3) is 3.66. The number of carbonyl (C=O) groups is 1. The first kappa shape index (κ1) is 16.7. The Morgan fingerprint density at radius 3 is 2.46 bits per heavy atom. The Bertz CT molecular complexity index is 863. The molecule has 2 aromatic carbocycles. The molecule has 0 saturated carbocycles. The Labute approximate surface area is 147 Å². The van der Waals surface area contributed by atoms with Crippen molar-refractivity contribution in [2.24, 2.45) is 7.05 Å². The molecule has 0 radical (unpaired) electrons. The highest BCUT2D eigenvalue weighted by molar-refractivity contribution is 7.99. The van der Waals surface area contributed by atoms with Gasteiger partial charge in [-0.15, -0.1) is 10.2 Å². The number of carbonyl (C=O) groups excluding carboxylic acids is 1. The van der Waals surface area contributed by atoms with Gasteiger partial charge < -0.3 is 4.57 Å². The molecule has 0 saturated heterocycles.